The average molecular weight is 331 g/mol. The second-order valence-electron chi connectivity index (χ2n) is 6.32. The fourth-order valence-electron chi connectivity index (χ4n) is 2.10. The van der Waals surface area contributed by atoms with Gasteiger partial charge in [-0.3, -0.25) is 9.59 Å². The fourth-order valence-corrected chi connectivity index (χ4v) is 3.41. The molecule has 0 saturated carbocycles. The summed E-state index contributed by atoms with van der Waals surface area (Å²) in [5.41, 5.74) is 0. The maximum atomic E-state index is 11.5. The van der Waals surface area contributed by atoms with Gasteiger partial charge in [-0.15, -0.1) is 0 Å². The molecule has 0 aliphatic carbocycles. The molecule has 0 aromatic heterocycles. The van der Waals surface area contributed by atoms with E-state index in [1.54, 1.807) is 6.92 Å². The van der Waals surface area contributed by atoms with Gasteiger partial charge in [0.2, 0.25) is 11.8 Å². The van der Waals surface area contributed by atoms with Crippen molar-refractivity contribution >= 4 is 20.1 Å². The summed E-state index contributed by atoms with van der Waals surface area (Å²) >= 11 is 0. The Hall–Kier alpha value is -0.883. The molecule has 0 bridgehead atoms. The molecule has 0 heterocycles. The van der Waals surface area contributed by atoms with E-state index in [-0.39, 0.29) is 18.5 Å². The molecule has 0 spiro atoms. The highest BCUT2D eigenvalue weighted by Gasteiger charge is 2.19. The van der Waals surface area contributed by atoms with Gasteiger partial charge in [0.05, 0.1) is 6.67 Å². The maximum Gasteiger partial charge on any atom is 0.221 e. The topological polar surface area (TPSA) is 67.4 Å². The minimum atomic E-state index is -1.37. The van der Waals surface area contributed by atoms with E-state index in [1.807, 2.05) is 7.11 Å². The van der Waals surface area contributed by atoms with Crippen molar-refractivity contribution in [1.29, 1.82) is 0 Å². The highest BCUT2D eigenvalue weighted by atomic mass is 28.4. The summed E-state index contributed by atoms with van der Waals surface area (Å²) in [5.74, 6) is -0.0238. The monoisotopic (exact) mass is 330 g/mol. The van der Waals surface area contributed by atoms with Crippen LogP contribution in [-0.2, 0) is 14.0 Å². The van der Waals surface area contributed by atoms with Crippen LogP contribution in [-0.4, -0.2) is 33.9 Å². The Morgan fingerprint density at radius 3 is 2.05 bits per heavy atom. The van der Waals surface area contributed by atoms with Crippen LogP contribution in [0.5, 0.6) is 0 Å². The smallest absolute Gasteiger partial charge is 0.221 e. The lowest BCUT2D eigenvalue weighted by Crippen LogP contribution is -2.36. The molecule has 0 saturated heterocycles. The summed E-state index contributed by atoms with van der Waals surface area (Å²) in [6, 6.07) is 1.23. The molecule has 2 amide bonds. The quantitative estimate of drug-likeness (QED) is 0.310. The molecule has 5 nitrogen and oxygen atoms in total. The van der Waals surface area contributed by atoms with E-state index < -0.39 is 8.32 Å². The molecule has 0 atom stereocenters. The first kappa shape index (κ1) is 21.1. The number of carbonyl (C=O) groups excluding carboxylic acids is 2. The van der Waals surface area contributed by atoms with Gasteiger partial charge in [0.25, 0.3) is 0 Å². The van der Waals surface area contributed by atoms with Crippen molar-refractivity contribution in [2.75, 3.05) is 13.8 Å². The summed E-state index contributed by atoms with van der Waals surface area (Å²) in [6.45, 7) is 6.55. The van der Waals surface area contributed by atoms with Crippen LogP contribution in [0.1, 0.15) is 58.3 Å². The number of rotatable bonds is 13. The first-order valence-electron chi connectivity index (χ1n) is 8.50. The third-order valence-corrected chi connectivity index (χ3v) is 6.54. The normalized spacial score (nSPS) is 11.3. The number of carbonyl (C=O) groups is 2. The van der Waals surface area contributed by atoms with Gasteiger partial charge in [-0.25, -0.2) is 0 Å². The van der Waals surface area contributed by atoms with Crippen LogP contribution in [0.4, 0.5) is 0 Å². The summed E-state index contributed by atoms with van der Waals surface area (Å²) in [5, 5.41) is 5.33. The number of hydrogen-bond acceptors (Lipinski definition) is 3. The predicted octanol–water partition coefficient (Wildman–Crippen LogP) is 3.17. The van der Waals surface area contributed by atoms with E-state index in [0.29, 0.717) is 12.8 Å². The van der Waals surface area contributed by atoms with Crippen molar-refractivity contribution in [3.8, 4) is 0 Å². The Kier molecular flexibility index (Phi) is 12.1. The lowest BCUT2D eigenvalue weighted by atomic mass is 10.1. The summed E-state index contributed by atoms with van der Waals surface area (Å²) in [7, 11) is 0.450. The number of hydrogen-bond donors (Lipinski definition) is 2. The zero-order chi connectivity index (χ0) is 16.8. The van der Waals surface area contributed by atoms with Gasteiger partial charge in [0, 0.05) is 20.0 Å². The lowest BCUT2D eigenvalue weighted by Gasteiger charge is -2.19. The number of unbranched alkanes of at least 4 members (excludes halogenated alkanes) is 5. The third-order valence-electron chi connectivity index (χ3n) is 3.88. The van der Waals surface area contributed by atoms with E-state index in [2.05, 4.69) is 23.7 Å². The summed E-state index contributed by atoms with van der Waals surface area (Å²) < 4.78 is 5.53. The highest BCUT2D eigenvalue weighted by Crippen LogP contribution is 2.16. The van der Waals surface area contributed by atoms with Crippen molar-refractivity contribution in [1.82, 2.24) is 10.6 Å². The van der Waals surface area contributed by atoms with Gasteiger partial charge in [0.1, 0.15) is 0 Å². The van der Waals surface area contributed by atoms with Crippen LogP contribution in [0.25, 0.3) is 0 Å². The van der Waals surface area contributed by atoms with Crippen molar-refractivity contribution in [2.24, 2.45) is 0 Å². The van der Waals surface area contributed by atoms with E-state index in [4.69, 9.17) is 4.43 Å². The Morgan fingerprint density at radius 1 is 0.909 bits per heavy atom. The van der Waals surface area contributed by atoms with Crippen LogP contribution in [0.2, 0.25) is 19.1 Å². The van der Waals surface area contributed by atoms with Crippen molar-refractivity contribution in [2.45, 2.75) is 77.4 Å². The average Bonchev–Trinajstić information content (AvgIpc) is 2.49. The van der Waals surface area contributed by atoms with Crippen LogP contribution in [0, 0.1) is 0 Å². The van der Waals surface area contributed by atoms with Gasteiger partial charge < -0.3 is 15.1 Å². The van der Waals surface area contributed by atoms with Crippen molar-refractivity contribution < 1.29 is 14.0 Å². The van der Waals surface area contributed by atoms with Crippen molar-refractivity contribution in [3.63, 3.8) is 0 Å². The maximum absolute atomic E-state index is 11.5. The summed E-state index contributed by atoms with van der Waals surface area (Å²) in [6.07, 6.45) is 7.95. The second-order valence-corrected chi connectivity index (χ2v) is 10.7. The van der Waals surface area contributed by atoms with Gasteiger partial charge in [-0.05, 0) is 25.6 Å². The molecular formula is C16H34N2O3Si. The molecule has 0 fully saturated rings. The summed E-state index contributed by atoms with van der Waals surface area (Å²) in [4.78, 5) is 22.5. The second kappa shape index (κ2) is 12.6. The van der Waals surface area contributed by atoms with Crippen molar-refractivity contribution in [3.05, 3.63) is 0 Å². The molecule has 2 N–H and O–H groups in total. The first-order valence-corrected chi connectivity index (χ1v) is 11.6. The Bertz CT molecular complexity index is 323. The highest BCUT2D eigenvalue weighted by molar-refractivity contribution is 6.71. The fraction of sp³-hybridized carbons (Fsp3) is 0.875. The number of amides is 2. The predicted molar refractivity (Wildman–Crippen MR) is 93.1 cm³/mol. The Morgan fingerprint density at radius 2 is 1.45 bits per heavy atom. The minimum Gasteiger partial charge on any atom is -0.420 e. The molecule has 0 rings (SSSR count). The van der Waals surface area contributed by atoms with E-state index in [0.717, 1.165) is 12.8 Å². The standard InChI is InChI=1S/C16H34N2O3Si/c1-5-15(19)17-14-18-16(20)12-10-8-6-7-9-11-13-22(3,4)21-2/h5-14H2,1-4H3,(H,17,19)(H,18,20). The van der Waals surface area contributed by atoms with Gasteiger partial charge in [0.15, 0.2) is 8.32 Å². The first-order chi connectivity index (χ1) is 10.4. The molecule has 0 aliphatic rings. The molecule has 0 aromatic rings. The Labute approximate surface area is 136 Å². The molecule has 0 unspecified atom stereocenters. The zero-order valence-electron chi connectivity index (χ0n) is 14.8. The zero-order valence-corrected chi connectivity index (χ0v) is 15.8. The minimum absolute atomic E-state index is 0.0178. The largest absolute Gasteiger partial charge is 0.420 e. The molecular weight excluding hydrogens is 296 g/mol. The molecule has 6 heteroatoms. The van der Waals surface area contributed by atoms with Gasteiger partial charge in [-0.2, -0.15) is 0 Å². The molecule has 130 valence electrons. The molecule has 22 heavy (non-hydrogen) atoms. The van der Waals surface area contributed by atoms with Crippen LogP contribution < -0.4 is 10.6 Å². The molecule has 0 radical (unpaired) electrons. The van der Waals surface area contributed by atoms with Crippen LogP contribution in [0.3, 0.4) is 0 Å². The third kappa shape index (κ3) is 12.8. The molecule has 0 aliphatic heterocycles. The molecule has 0 aromatic carbocycles. The van der Waals surface area contributed by atoms with Gasteiger partial charge >= 0.3 is 0 Å². The van der Waals surface area contributed by atoms with Crippen LogP contribution >= 0.6 is 0 Å². The lowest BCUT2D eigenvalue weighted by molar-refractivity contribution is -0.122. The van der Waals surface area contributed by atoms with Crippen LogP contribution in [0.15, 0.2) is 0 Å². The Balaban J connectivity index is 3.35. The van der Waals surface area contributed by atoms with Gasteiger partial charge in [-0.1, -0.05) is 39.0 Å². The SMILES string of the molecule is CCC(=O)NCNC(=O)CCCCCCCC[Si](C)(C)OC. The van der Waals surface area contributed by atoms with E-state index in [9.17, 15) is 9.59 Å². The van der Waals surface area contributed by atoms with E-state index >= 15 is 0 Å². The number of nitrogens with one attached hydrogen (secondary N) is 2. The van der Waals surface area contributed by atoms with E-state index in [1.165, 1.54) is 31.7 Å².